The number of hydrogen-bond donors (Lipinski definition) is 1. The van der Waals surface area contributed by atoms with E-state index in [1.165, 1.54) is 0 Å². The molecule has 2 saturated heterocycles. The number of aliphatic hydroxyl groups excluding tert-OH is 1. The van der Waals surface area contributed by atoms with Crippen LogP contribution < -0.4 is 0 Å². The van der Waals surface area contributed by atoms with Gasteiger partial charge in [-0.2, -0.15) is 0 Å². The second-order valence-corrected chi connectivity index (χ2v) is 6.71. The van der Waals surface area contributed by atoms with Gasteiger partial charge in [-0.1, -0.05) is 30.3 Å². The van der Waals surface area contributed by atoms with Crippen molar-refractivity contribution in [3.63, 3.8) is 0 Å². The van der Waals surface area contributed by atoms with Crippen LogP contribution >= 0.6 is 0 Å². The number of rotatable bonds is 3. The maximum absolute atomic E-state index is 9.96. The topological polar surface area (TPSA) is 69.4 Å². The molecule has 0 amide bonds. The fraction of sp³-hybridized carbons (Fsp3) is 0.300. The third kappa shape index (κ3) is 2.54. The largest absolute Gasteiger partial charge is 0.388 e. The van der Waals surface area contributed by atoms with Crippen molar-refractivity contribution in [1.82, 2.24) is 14.5 Å². The van der Waals surface area contributed by atoms with Crippen LogP contribution in [0.3, 0.4) is 0 Å². The maximum Gasteiger partial charge on any atom is 0.140 e. The smallest absolute Gasteiger partial charge is 0.140 e. The molecule has 0 spiro atoms. The Labute approximate surface area is 151 Å². The van der Waals surface area contributed by atoms with Crippen LogP contribution in [0.15, 0.2) is 61.2 Å². The van der Waals surface area contributed by atoms with E-state index in [0.717, 1.165) is 22.5 Å². The Balaban J connectivity index is 1.45. The minimum Gasteiger partial charge on any atom is -0.388 e. The zero-order valence-electron chi connectivity index (χ0n) is 14.1. The van der Waals surface area contributed by atoms with Crippen LogP contribution in [-0.2, 0) is 9.47 Å². The van der Waals surface area contributed by atoms with Crippen molar-refractivity contribution in [2.45, 2.75) is 24.4 Å². The van der Waals surface area contributed by atoms with Gasteiger partial charge >= 0.3 is 0 Å². The molecule has 26 heavy (non-hydrogen) atoms. The van der Waals surface area contributed by atoms with Gasteiger partial charge in [0.2, 0.25) is 0 Å². The van der Waals surface area contributed by atoms with E-state index in [9.17, 15) is 5.11 Å². The van der Waals surface area contributed by atoms with Crippen molar-refractivity contribution in [2.75, 3.05) is 13.2 Å². The van der Waals surface area contributed by atoms with E-state index in [4.69, 9.17) is 9.47 Å². The summed E-state index contributed by atoms with van der Waals surface area (Å²) < 4.78 is 13.6. The zero-order valence-corrected chi connectivity index (χ0v) is 14.1. The summed E-state index contributed by atoms with van der Waals surface area (Å²) in [7, 11) is 0. The van der Waals surface area contributed by atoms with Crippen molar-refractivity contribution >= 4 is 0 Å². The molecule has 2 aliphatic heterocycles. The average Bonchev–Trinajstić information content (AvgIpc) is 3.40. The molecule has 4 atom stereocenters. The van der Waals surface area contributed by atoms with Crippen molar-refractivity contribution in [2.24, 2.45) is 0 Å². The third-order valence-electron chi connectivity index (χ3n) is 5.17. The van der Waals surface area contributed by atoms with Crippen LogP contribution in [0.4, 0.5) is 0 Å². The monoisotopic (exact) mass is 349 g/mol. The molecule has 1 N–H and O–H groups in total. The predicted octanol–water partition coefficient (Wildman–Crippen LogP) is 2.31. The number of aromatic nitrogens is 3. The number of ether oxygens (including phenoxy) is 2. The summed E-state index contributed by atoms with van der Waals surface area (Å²) in [4.78, 5) is 8.72. The van der Waals surface area contributed by atoms with Crippen molar-refractivity contribution < 1.29 is 14.6 Å². The van der Waals surface area contributed by atoms with Gasteiger partial charge < -0.3 is 19.1 Å². The molecule has 0 unspecified atom stereocenters. The van der Waals surface area contributed by atoms with Crippen LogP contribution in [0.1, 0.15) is 6.04 Å². The van der Waals surface area contributed by atoms with E-state index >= 15 is 0 Å². The number of benzene rings is 1. The van der Waals surface area contributed by atoms with Gasteiger partial charge in [0.15, 0.2) is 0 Å². The summed E-state index contributed by atoms with van der Waals surface area (Å²) in [5.41, 5.74) is 3.24. The van der Waals surface area contributed by atoms with E-state index in [1.807, 2.05) is 24.5 Å². The summed E-state index contributed by atoms with van der Waals surface area (Å²) in [6.07, 6.45) is 6.45. The minimum atomic E-state index is -0.546. The lowest BCUT2D eigenvalue weighted by molar-refractivity contribution is 0.0172. The normalized spacial score (nSPS) is 27.6. The molecule has 6 heteroatoms. The average molecular weight is 349 g/mol. The molecule has 2 aromatic heterocycles. The van der Waals surface area contributed by atoms with Crippen LogP contribution in [0.2, 0.25) is 0 Å². The van der Waals surface area contributed by atoms with E-state index in [-0.39, 0.29) is 18.2 Å². The first-order valence-corrected chi connectivity index (χ1v) is 8.76. The number of fused-ring (bicyclic) bond motifs is 1. The first kappa shape index (κ1) is 15.7. The van der Waals surface area contributed by atoms with Gasteiger partial charge in [-0.25, -0.2) is 4.98 Å². The second-order valence-electron chi connectivity index (χ2n) is 6.71. The van der Waals surface area contributed by atoms with Crippen LogP contribution in [0, 0.1) is 0 Å². The number of nitrogens with zero attached hydrogens (tertiary/aromatic N) is 3. The molecule has 0 aliphatic carbocycles. The van der Waals surface area contributed by atoms with Gasteiger partial charge in [0, 0.05) is 30.4 Å². The molecule has 6 nitrogen and oxygen atoms in total. The van der Waals surface area contributed by atoms with Crippen molar-refractivity contribution in [3.8, 4) is 22.5 Å². The highest BCUT2D eigenvalue weighted by atomic mass is 16.6. The van der Waals surface area contributed by atoms with Gasteiger partial charge in [-0.3, -0.25) is 4.98 Å². The van der Waals surface area contributed by atoms with Crippen LogP contribution in [0.5, 0.6) is 0 Å². The quantitative estimate of drug-likeness (QED) is 0.786. The lowest BCUT2D eigenvalue weighted by atomic mass is 10.0. The molecule has 3 aromatic rings. The Hall–Kier alpha value is -2.54. The molecule has 1 aromatic carbocycles. The van der Waals surface area contributed by atoms with Crippen molar-refractivity contribution in [3.05, 3.63) is 61.2 Å². The first-order chi connectivity index (χ1) is 12.8. The molecule has 132 valence electrons. The third-order valence-corrected chi connectivity index (χ3v) is 5.17. The molecule has 4 heterocycles. The fourth-order valence-corrected chi connectivity index (χ4v) is 3.85. The summed E-state index contributed by atoms with van der Waals surface area (Å²) in [6, 6.07) is 12.3. The van der Waals surface area contributed by atoms with E-state index in [1.54, 1.807) is 12.4 Å². The van der Waals surface area contributed by atoms with Crippen LogP contribution in [0.25, 0.3) is 22.5 Å². The second kappa shape index (κ2) is 6.32. The number of hydrogen-bond acceptors (Lipinski definition) is 5. The maximum atomic E-state index is 9.96. The van der Waals surface area contributed by atoms with Gasteiger partial charge in [-0.05, 0) is 17.2 Å². The van der Waals surface area contributed by atoms with Crippen molar-refractivity contribution in [1.29, 1.82) is 0 Å². The zero-order chi connectivity index (χ0) is 17.5. The highest BCUT2D eigenvalue weighted by Gasteiger charge is 2.48. The molecule has 2 fully saturated rings. The number of aliphatic hydroxyl groups is 1. The fourth-order valence-electron chi connectivity index (χ4n) is 3.85. The molecular weight excluding hydrogens is 330 g/mol. The number of pyridine rings is 1. The minimum absolute atomic E-state index is 0.0210. The SMILES string of the molecule is O[C@@H]1CO[C@H]2[C@@H]1OC[C@@H]2n1ccnc1-c1ccc(-c2cccnc2)cc1. The predicted molar refractivity (Wildman–Crippen MR) is 95.4 cm³/mol. The lowest BCUT2D eigenvalue weighted by Crippen LogP contribution is -2.30. The van der Waals surface area contributed by atoms with Gasteiger partial charge in [0.1, 0.15) is 24.1 Å². The first-order valence-electron chi connectivity index (χ1n) is 8.76. The van der Waals surface area contributed by atoms with E-state index in [2.05, 4.69) is 38.8 Å². The summed E-state index contributed by atoms with van der Waals surface area (Å²) in [5.74, 6) is 0.877. The summed E-state index contributed by atoms with van der Waals surface area (Å²) >= 11 is 0. The van der Waals surface area contributed by atoms with Crippen LogP contribution in [-0.4, -0.2) is 51.2 Å². The standard InChI is InChI=1S/C20H19N3O3/c24-17-12-26-18-16(11-25-19(17)18)23-9-8-22-20(23)14-5-3-13(4-6-14)15-2-1-7-21-10-15/h1-10,16-19,24H,11-12H2/t16-,17+,18+,19+/m0/s1. The highest BCUT2D eigenvalue weighted by Crippen LogP contribution is 2.36. The molecule has 0 radical (unpaired) electrons. The molecule has 2 aliphatic rings. The molecule has 0 saturated carbocycles. The summed E-state index contributed by atoms with van der Waals surface area (Å²) in [5, 5.41) is 9.96. The Morgan fingerprint density at radius 2 is 1.73 bits per heavy atom. The Bertz CT molecular complexity index is 894. The Morgan fingerprint density at radius 3 is 2.54 bits per heavy atom. The molecule has 5 rings (SSSR count). The lowest BCUT2D eigenvalue weighted by Gasteiger charge is -2.19. The summed E-state index contributed by atoms with van der Waals surface area (Å²) in [6.45, 7) is 0.846. The molecular formula is C20H19N3O3. The van der Waals surface area contributed by atoms with Gasteiger partial charge in [0.25, 0.3) is 0 Å². The van der Waals surface area contributed by atoms with E-state index < -0.39 is 6.10 Å². The number of imidazole rings is 1. The van der Waals surface area contributed by atoms with E-state index in [0.29, 0.717) is 13.2 Å². The highest BCUT2D eigenvalue weighted by molar-refractivity contribution is 5.67. The van der Waals surface area contributed by atoms with Gasteiger partial charge in [-0.15, -0.1) is 0 Å². The Kier molecular flexibility index (Phi) is 3.81. The molecule has 0 bridgehead atoms. The van der Waals surface area contributed by atoms with Gasteiger partial charge in [0.05, 0.1) is 19.3 Å². The Morgan fingerprint density at radius 1 is 0.923 bits per heavy atom.